The third-order valence-corrected chi connectivity index (χ3v) is 3.73. The standard InChI is InChI=1S/C12H15Br/c1-9-5-4-8-11(13)12(9)10-6-2-3-7-10/h4-5,8,10H,2-3,6-7H2,1H3. The maximum absolute atomic E-state index is 3.66. The van der Waals surface area contributed by atoms with E-state index in [0.717, 1.165) is 5.92 Å². The molecule has 0 heterocycles. The Hall–Kier alpha value is -0.300. The lowest BCUT2D eigenvalue weighted by atomic mass is 9.94. The van der Waals surface area contributed by atoms with Gasteiger partial charge in [0.15, 0.2) is 0 Å². The van der Waals surface area contributed by atoms with Crippen LogP contribution in [-0.2, 0) is 0 Å². The second-order valence-corrected chi connectivity index (χ2v) is 4.81. The maximum atomic E-state index is 3.66. The monoisotopic (exact) mass is 238 g/mol. The van der Waals surface area contributed by atoms with E-state index in [-0.39, 0.29) is 0 Å². The Morgan fingerprint density at radius 1 is 1.23 bits per heavy atom. The molecule has 2 rings (SSSR count). The fourth-order valence-corrected chi connectivity index (χ4v) is 3.17. The quantitative estimate of drug-likeness (QED) is 0.680. The highest BCUT2D eigenvalue weighted by atomic mass is 79.9. The molecule has 1 aliphatic rings. The summed E-state index contributed by atoms with van der Waals surface area (Å²) in [5.41, 5.74) is 3.00. The molecule has 1 aromatic rings. The van der Waals surface area contributed by atoms with Crippen molar-refractivity contribution in [3.05, 3.63) is 33.8 Å². The number of rotatable bonds is 1. The molecule has 13 heavy (non-hydrogen) atoms. The predicted octanol–water partition coefficient (Wildman–Crippen LogP) is 4.42. The summed E-state index contributed by atoms with van der Waals surface area (Å²) in [7, 11) is 0. The van der Waals surface area contributed by atoms with Crippen LogP contribution in [0.1, 0.15) is 42.7 Å². The van der Waals surface area contributed by atoms with Crippen LogP contribution in [0.3, 0.4) is 0 Å². The topological polar surface area (TPSA) is 0 Å². The Kier molecular flexibility index (Phi) is 2.73. The van der Waals surface area contributed by atoms with Crippen LogP contribution in [0, 0.1) is 6.92 Å². The van der Waals surface area contributed by atoms with Crippen LogP contribution in [0.15, 0.2) is 22.7 Å². The minimum atomic E-state index is 0.815. The highest BCUT2D eigenvalue weighted by Gasteiger charge is 2.20. The lowest BCUT2D eigenvalue weighted by molar-refractivity contribution is 0.714. The molecule has 1 fully saturated rings. The first-order valence-corrected chi connectivity index (χ1v) is 5.83. The molecule has 70 valence electrons. The van der Waals surface area contributed by atoms with Gasteiger partial charge in [0.2, 0.25) is 0 Å². The lowest BCUT2D eigenvalue weighted by Gasteiger charge is -2.14. The average molecular weight is 239 g/mol. The van der Waals surface area contributed by atoms with Gasteiger partial charge < -0.3 is 0 Å². The van der Waals surface area contributed by atoms with E-state index in [2.05, 4.69) is 41.1 Å². The van der Waals surface area contributed by atoms with Crippen LogP contribution < -0.4 is 0 Å². The van der Waals surface area contributed by atoms with E-state index in [4.69, 9.17) is 0 Å². The summed E-state index contributed by atoms with van der Waals surface area (Å²) in [5, 5.41) is 0. The average Bonchev–Trinajstić information content (AvgIpc) is 2.57. The molecule has 0 bridgehead atoms. The number of hydrogen-bond acceptors (Lipinski definition) is 0. The minimum absolute atomic E-state index is 0.815. The van der Waals surface area contributed by atoms with Gasteiger partial charge in [-0.1, -0.05) is 40.9 Å². The molecular formula is C12H15Br. The van der Waals surface area contributed by atoms with Crippen molar-refractivity contribution >= 4 is 15.9 Å². The van der Waals surface area contributed by atoms with Crippen LogP contribution in [0.2, 0.25) is 0 Å². The third-order valence-electron chi connectivity index (χ3n) is 3.03. The Morgan fingerprint density at radius 2 is 1.92 bits per heavy atom. The zero-order chi connectivity index (χ0) is 9.26. The van der Waals surface area contributed by atoms with E-state index in [0.29, 0.717) is 0 Å². The zero-order valence-corrected chi connectivity index (χ0v) is 9.60. The fourth-order valence-electron chi connectivity index (χ4n) is 2.38. The Bertz CT molecular complexity index is 278. The SMILES string of the molecule is Cc1cccc(Br)c1C1CCCC1. The molecule has 0 aromatic heterocycles. The fraction of sp³-hybridized carbons (Fsp3) is 0.500. The molecule has 0 saturated heterocycles. The summed E-state index contributed by atoms with van der Waals surface area (Å²) in [4.78, 5) is 0. The van der Waals surface area contributed by atoms with Crippen LogP contribution in [-0.4, -0.2) is 0 Å². The molecule has 1 aliphatic carbocycles. The lowest BCUT2D eigenvalue weighted by Crippen LogP contribution is -1.96. The minimum Gasteiger partial charge on any atom is -0.0609 e. The van der Waals surface area contributed by atoms with Gasteiger partial charge in [0, 0.05) is 4.47 Å². The van der Waals surface area contributed by atoms with Crippen LogP contribution in [0.25, 0.3) is 0 Å². The van der Waals surface area contributed by atoms with Crippen molar-refractivity contribution in [1.29, 1.82) is 0 Å². The van der Waals surface area contributed by atoms with Crippen molar-refractivity contribution in [2.75, 3.05) is 0 Å². The molecule has 0 amide bonds. The van der Waals surface area contributed by atoms with E-state index in [1.807, 2.05) is 0 Å². The van der Waals surface area contributed by atoms with Gasteiger partial charge in [-0.3, -0.25) is 0 Å². The van der Waals surface area contributed by atoms with Gasteiger partial charge >= 0.3 is 0 Å². The summed E-state index contributed by atoms with van der Waals surface area (Å²) in [6, 6.07) is 6.51. The van der Waals surface area contributed by atoms with Gasteiger partial charge in [0.1, 0.15) is 0 Å². The van der Waals surface area contributed by atoms with Crippen LogP contribution in [0.4, 0.5) is 0 Å². The molecule has 0 nitrogen and oxygen atoms in total. The number of halogens is 1. The molecule has 0 unspecified atom stereocenters. The third kappa shape index (κ3) is 1.80. The van der Waals surface area contributed by atoms with Crippen molar-refractivity contribution in [2.24, 2.45) is 0 Å². The smallest absolute Gasteiger partial charge is 0.0212 e. The first kappa shape index (κ1) is 9.26. The van der Waals surface area contributed by atoms with Gasteiger partial charge in [0.25, 0.3) is 0 Å². The maximum Gasteiger partial charge on any atom is 0.0212 e. The highest BCUT2D eigenvalue weighted by Crippen LogP contribution is 2.39. The van der Waals surface area contributed by atoms with Crippen molar-refractivity contribution in [3.63, 3.8) is 0 Å². The summed E-state index contributed by atoms with van der Waals surface area (Å²) in [6.45, 7) is 2.22. The Morgan fingerprint density at radius 3 is 2.54 bits per heavy atom. The highest BCUT2D eigenvalue weighted by molar-refractivity contribution is 9.10. The number of hydrogen-bond donors (Lipinski definition) is 0. The summed E-state index contributed by atoms with van der Waals surface area (Å²) in [6.07, 6.45) is 5.57. The second-order valence-electron chi connectivity index (χ2n) is 3.95. The zero-order valence-electron chi connectivity index (χ0n) is 8.02. The Labute approximate surface area is 88.5 Å². The molecule has 0 radical (unpaired) electrons. The number of benzene rings is 1. The van der Waals surface area contributed by atoms with E-state index in [1.165, 1.54) is 35.7 Å². The molecule has 1 aromatic carbocycles. The molecule has 0 aliphatic heterocycles. The number of aryl methyl sites for hydroxylation is 1. The first-order chi connectivity index (χ1) is 6.29. The second kappa shape index (κ2) is 3.83. The van der Waals surface area contributed by atoms with Crippen molar-refractivity contribution in [3.8, 4) is 0 Å². The van der Waals surface area contributed by atoms with E-state index in [1.54, 1.807) is 5.56 Å². The van der Waals surface area contributed by atoms with Crippen molar-refractivity contribution in [1.82, 2.24) is 0 Å². The summed E-state index contributed by atoms with van der Waals surface area (Å²) >= 11 is 3.66. The van der Waals surface area contributed by atoms with Crippen LogP contribution >= 0.6 is 15.9 Å². The molecule has 0 atom stereocenters. The van der Waals surface area contributed by atoms with E-state index in [9.17, 15) is 0 Å². The van der Waals surface area contributed by atoms with E-state index >= 15 is 0 Å². The summed E-state index contributed by atoms with van der Waals surface area (Å²) < 4.78 is 1.31. The van der Waals surface area contributed by atoms with Crippen molar-refractivity contribution in [2.45, 2.75) is 38.5 Å². The van der Waals surface area contributed by atoms with Crippen LogP contribution in [0.5, 0.6) is 0 Å². The van der Waals surface area contributed by atoms with E-state index < -0.39 is 0 Å². The van der Waals surface area contributed by atoms with Gasteiger partial charge in [-0.2, -0.15) is 0 Å². The van der Waals surface area contributed by atoms with Crippen molar-refractivity contribution < 1.29 is 0 Å². The largest absolute Gasteiger partial charge is 0.0609 e. The van der Waals surface area contributed by atoms with Gasteiger partial charge in [0.05, 0.1) is 0 Å². The molecular weight excluding hydrogens is 224 g/mol. The molecule has 1 saturated carbocycles. The molecule has 0 N–H and O–H groups in total. The van der Waals surface area contributed by atoms with Gasteiger partial charge in [-0.05, 0) is 42.9 Å². The normalized spacial score (nSPS) is 18.0. The predicted molar refractivity (Wildman–Crippen MR) is 60.1 cm³/mol. The summed E-state index contributed by atoms with van der Waals surface area (Å²) in [5.74, 6) is 0.815. The molecule has 1 heteroatoms. The Balaban J connectivity index is 2.37. The van der Waals surface area contributed by atoms with Gasteiger partial charge in [-0.25, -0.2) is 0 Å². The first-order valence-electron chi connectivity index (χ1n) is 5.04. The molecule has 0 spiro atoms. The van der Waals surface area contributed by atoms with Gasteiger partial charge in [-0.15, -0.1) is 0 Å².